The molecule has 146 valence electrons. The largest absolute Gasteiger partial charge is 0.447 e. The number of carbonyl (C=O) groups excluding carboxylic acids is 1. The van der Waals surface area contributed by atoms with Crippen LogP contribution >= 0.6 is 0 Å². The van der Waals surface area contributed by atoms with Crippen molar-refractivity contribution in [3.05, 3.63) is 72.0 Å². The molecule has 0 atom stereocenters. The van der Waals surface area contributed by atoms with Gasteiger partial charge in [0.25, 0.3) is 5.91 Å². The van der Waals surface area contributed by atoms with Gasteiger partial charge in [0.2, 0.25) is 5.89 Å². The number of piperazine rings is 1. The summed E-state index contributed by atoms with van der Waals surface area (Å²) < 4.78 is 5.50. The van der Waals surface area contributed by atoms with E-state index in [0.717, 1.165) is 32.7 Å². The normalized spacial score (nSPS) is 15.6. The molecule has 0 bridgehead atoms. The summed E-state index contributed by atoms with van der Waals surface area (Å²) in [4.78, 5) is 28.3. The van der Waals surface area contributed by atoms with E-state index in [2.05, 4.69) is 54.3 Å². The summed E-state index contributed by atoms with van der Waals surface area (Å²) in [5.41, 5.74) is 1.64. The zero-order valence-corrected chi connectivity index (χ0v) is 15.7. The van der Waals surface area contributed by atoms with E-state index in [1.54, 1.807) is 12.4 Å². The molecule has 0 aliphatic carbocycles. The summed E-state index contributed by atoms with van der Waals surface area (Å²) in [5, 5.41) is 2.77. The van der Waals surface area contributed by atoms with E-state index in [1.807, 2.05) is 6.07 Å². The van der Waals surface area contributed by atoms with Crippen LogP contribution in [0.3, 0.4) is 0 Å². The third-order valence-corrected chi connectivity index (χ3v) is 4.83. The van der Waals surface area contributed by atoms with E-state index < -0.39 is 0 Å². The predicted molar refractivity (Wildman–Crippen MR) is 103 cm³/mol. The minimum absolute atomic E-state index is 0.265. The molecule has 0 saturated carbocycles. The molecule has 1 fully saturated rings. The lowest BCUT2D eigenvalue weighted by molar-refractivity contribution is 0.0944. The average Bonchev–Trinajstić information content (AvgIpc) is 3.41. The van der Waals surface area contributed by atoms with Crippen LogP contribution < -0.4 is 5.32 Å². The number of H-pyrrole nitrogens is 1. The molecule has 0 unspecified atom stereocenters. The van der Waals surface area contributed by atoms with Crippen molar-refractivity contribution < 1.29 is 9.21 Å². The summed E-state index contributed by atoms with van der Waals surface area (Å²) >= 11 is 0. The Labute approximate surface area is 163 Å². The van der Waals surface area contributed by atoms with E-state index in [9.17, 15) is 4.79 Å². The second-order valence-electron chi connectivity index (χ2n) is 6.88. The fraction of sp³-hybridized carbons (Fsp3) is 0.350. The van der Waals surface area contributed by atoms with E-state index in [1.165, 1.54) is 11.8 Å². The number of oxazole rings is 1. The van der Waals surface area contributed by atoms with Gasteiger partial charge in [-0.3, -0.25) is 14.6 Å². The molecule has 8 nitrogen and oxygen atoms in total. The Hall–Kier alpha value is -2.97. The molecule has 2 aromatic heterocycles. The van der Waals surface area contributed by atoms with Crippen molar-refractivity contribution in [1.82, 2.24) is 30.1 Å². The van der Waals surface area contributed by atoms with E-state index in [-0.39, 0.29) is 5.91 Å². The number of carbonyl (C=O) groups is 1. The molecule has 0 radical (unpaired) electrons. The molecule has 2 N–H and O–H groups in total. The Balaban J connectivity index is 1.23. The van der Waals surface area contributed by atoms with Gasteiger partial charge in [-0.05, 0) is 5.56 Å². The van der Waals surface area contributed by atoms with Crippen molar-refractivity contribution in [3.8, 4) is 0 Å². The number of nitrogens with zero attached hydrogens (tertiary/aromatic N) is 4. The first-order valence-electron chi connectivity index (χ1n) is 9.46. The first-order valence-corrected chi connectivity index (χ1v) is 9.46. The minimum Gasteiger partial charge on any atom is -0.447 e. The maximum atomic E-state index is 12.2. The fourth-order valence-corrected chi connectivity index (χ4v) is 3.28. The van der Waals surface area contributed by atoms with Gasteiger partial charge in [0.05, 0.1) is 13.1 Å². The van der Waals surface area contributed by atoms with Gasteiger partial charge in [-0.25, -0.2) is 9.97 Å². The lowest BCUT2D eigenvalue weighted by Crippen LogP contribution is -2.45. The van der Waals surface area contributed by atoms with Crippen LogP contribution in [0.5, 0.6) is 0 Å². The van der Waals surface area contributed by atoms with Crippen LogP contribution in [0.2, 0.25) is 0 Å². The molecule has 8 heteroatoms. The molecule has 1 aliphatic heterocycles. The van der Waals surface area contributed by atoms with Crippen LogP contribution in [0.25, 0.3) is 0 Å². The number of aromatic amines is 1. The number of hydrogen-bond donors (Lipinski definition) is 2. The van der Waals surface area contributed by atoms with Crippen molar-refractivity contribution in [1.29, 1.82) is 0 Å². The number of aromatic nitrogens is 3. The summed E-state index contributed by atoms with van der Waals surface area (Å²) in [7, 11) is 0. The molecule has 3 heterocycles. The van der Waals surface area contributed by atoms with Gasteiger partial charge in [0.15, 0.2) is 5.69 Å². The fourth-order valence-electron chi connectivity index (χ4n) is 3.28. The smallest absolute Gasteiger partial charge is 0.273 e. The second-order valence-corrected chi connectivity index (χ2v) is 6.88. The van der Waals surface area contributed by atoms with Crippen LogP contribution in [0, 0.1) is 0 Å². The molecule has 1 saturated heterocycles. The summed E-state index contributed by atoms with van der Waals surface area (Å²) in [6, 6.07) is 10.5. The predicted octanol–water partition coefficient (Wildman–Crippen LogP) is 1.65. The van der Waals surface area contributed by atoms with Crippen molar-refractivity contribution in [2.24, 2.45) is 0 Å². The number of benzene rings is 1. The molecular weight excluding hydrogens is 356 g/mol. The monoisotopic (exact) mass is 380 g/mol. The molecule has 28 heavy (non-hydrogen) atoms. The molecule has 1 aromatic carbocycles. The third kappa shape index (κ3) is 4.85. The van der Waals surface area contributed by atoms with E-state index >= 15 is 0 Å². The lowest BCUT2D eigenvalue weighted by atomic mass is 10.2. The van der Waals surface area contributed by atoms with Crippen LogP contribution in [0.1, 0.15) is 27.8 Å². The topological polar surface area (TPSA) is 90.3 Å². The first kappa shape index (κ1) is 18.4. The second kappa shape index (κ2) is 8.81. The number of imidazole rings is 1. The molecule has 1 aliphatic rings. The highest BCUT2D eigenvalue weighted by atomic mass is 16.3. The standard InChI is InChI=1S/C20H24N6O2/c27-20(23-12-18-21-6-7-22-18)17-15-28-19(24-17)14-26-10-8-25(9-11-26)13-16-4-2-1-3-5-16/h1-7,15H,8-14H2,(H,21,22)(H,23,27). The number of amides is 1. The Morgan fingerprint density at radius 3 is 2.57 bits per heavy atom. The van der Waals surface area contributed by atoms with Gasteiger partial charge in [-0.15, -0.1) is 0 Å². The Morgan fingerprint density at radius 2 is 1.86 bits per heavy atom. The van der Waals surface area contributed by atoms with Crippen LogP contribution in [-0.2, 0) is 19.6 Å². The highest BCUT2D eigenvalue weighted by Gasteiger charge is 2.20. The molecule has 3 aromatic rings. The van der Waals surface area contributed by atoms with Crippen molar-refractivity contribution in [2.75, 3.05) is 26.2 Å². The number of nitrogens with one attached hydrogen (secondary N) is 2. The van der Waals surface area contributed by atoms with Gasteiger partial charge in [0.1, 0.15) is 12.1 Å². The summed E-state index contributed by atoms with van der Waals surface area (Å²) in [6.07, 6.45) is 4.78. The van der Waals surface area contributed by atoms with Crippen LogP contribution in [0.4, 0.5) is 0 Å². The average molecular weight is 380 g/mol. The van der Waals surface area contributed by atoms with Gasteiger partial charge in [0, 0.05) is 45.1 Å². The van der Waals surface area contributed by atoms with Gasteiger partial charge in [-0.1, -0.05) is 30.3 Å². The minimum atomic E-state index is -0.265. The van der Waals surface area contributed by atoms with E-state index in [0.29, 0.717) is 30.5 Å². The Kier molecular flexibility index (Phi) is 5.79. The number of hydrogen-bond acceptors (Lipinski definition) is 6. The Bertz CT molecular complexity index is 869. The molecule has 0 spiro atoms. The van der Waals surface area contributed by atoms with Gasteiger partial charge >= 0.3 is 0 Å². The summed E-state index contributed by atoms with van der Waals surface area (Å²) in [6.45, 7) is 5.85. The van der Waals surface area contributed by atoms with Crippen molar-refractivity contribution in [2.45, 2.75) is 19.6 Å². The zero-order valence-electron chi connectivity index (χ0n) is 15.7. The lowest BCUT2D eigenvalue weighted by Gasteiger charge is -2.34. The highest BCUT2D eigenvalue weighted by Crippen LogP contribution is 2.12. The third-order valence-electron chi connectivity index (χ3n) is 4.83. The molecule has 1 amide bonds. The van der Waals surface area contributed by atoms with Crippen molar-refractivity contribution in [3.63, 3.8) is 0 Å². The summed E-state index contributed by atoms with van der Waals surface area (Å²) in [5.74, 6) is 1.00. The van der Waals surface area contributed by atoms with Crippen LogP contribution in [0.15, 0.2) is 53.4 Å². The zero-order chi connectivity index (χ0) is 19.2. The number of rotatable bonds is 7. The first-order chi connectivity index (χ1) is 13.8. The van der Waals surface area contributed by atoms with E-state index in [4.69, 9.17) is 4.42 Å². The quantitative estimate of drug-likeness (QED) is 0.648. The van der Waals surface area contributed by atoms with Crippen molar-refractivity contribution >= 4 is 5.91 Å². The SMILES string of the molecule is O=C(NCc1ncc[nH]1)c1coc(CN2CCN(Cc3ccccc3)CC2)n1. The highest BCUT2D eigenvalue weighted by molar-refractivity contribution is 5.91. The Morgan fingerprint density at radius 1 is 1.11 bits per heavy atom. The molecule has 4 rings (SSSR count). The van der Waals surface area contributed by atoms with Gasteiger partial charge in [-0.2, -0.15) is 0 Å². The maximum absolute atomic E-state index is 12.2. The maximum Gasteiger partial charge on any atom is 0.273 e. The van der Waals surface area contributed by atoms with Gasteiger partial charge < -0.3 is 14.7 Å². The molecular formula is C20H24N6O2. The van der Waals surface area contributed by atoms with Crippen LogP contribution in [-0.4, -0.2) is 56.8 Å².